The Morgan fingerprint density at radius 2 is 1.31 bits per heavy atom. The molecular formula is C13H20. The van der Waals surface area contributed by atoms with Crippen LogP contribution in [-0.2, 0) is 0 Å². The zero-order chi connectivity index (χ0) is 10.2. The molecule has 0 aliphatic rings. The zero-order valence-corrected chi connectivity index (χ0v) is 8.96. The molecule has 0 nitrogen and oxygen atoms in total. The van der Waals surface area contributed by atoms with Crippen molar-refractivity contribution in [2.75, 3.05) is 0 Å². The summed E-state index contributed by atoms with van der Waals surface area (Å²) in [5, 5.41) is 0. The fraction of sp³-hybridized carbons (Fsp3) is 0.385. The summed E-state index contributed by atoms with van der Waals surface area (Å²) in [4.78, 5) is 0. The first-order chi connectivity index (χ1) is 6.12. The summed E-state index contributed by atoms with van der Waals surface area (Å²) in [5.41, 5.74) is 0.347. The Morgan fingerprint density at radius 1 is 1.00 bits per heavy atom. The van der Waals surface area contributed by atoms with E-state index in [1.165, 1.54) is 6.42 Å². The summed E-state index contributed by atoms with van der Waals surface area (Å²) >= 11 is 0. The molecule has 0 bridgehead atoms. The van der Waals surface area contributed by atoms with Gasteiger partial charge in [0.1, 0.15) is 0 Å². The lowest BCUT2D eigenvalue weighted by Gasteiger charge is -2.14. The normalized spacial score (nSPS) is 9.77. The third-order valence-electron chi connectivity index (χ3n) is 2.13. The maximum absolute atomic E-state index is 3.70. The molecule has 1 aromatic carbocycles. The van der Waals surface area contributed by atoms with Crippen LogP contribution in [0, 0.1) is 5.41 Å². The van der Waals surface area contributed by atoms with Gasteiger partial charge < -0.3 is 0 Å². The molecular weight excluding hydrogens is 156 g/mol. The molecule has 0 saturated carbocycles. The predicted octanol–water partition coefficient (Wildman–Crippen LogP) is 4.30. The molecule has 0 unspecified atom stereocenters. The van der Waals surface area contributed by atoms with Crippen LogP contribution in [0.1, 0.15) is 27.2 Å². The molecule has 0 radical (unpaired) electrons. The highest BCUT2D eigenvalue weighted by Gasteiger charge is 2.06. The fourth-order valence-electron chi connectivity index (χ4n) is 0.529. The summed E-state index contributed by atoms with van der Waals surface area (Å²) in [6, 6.07) is 12.0. The number of hydrogen-bond acceptors (Lipinski definition) is 0. The van der Waals surface area contributed by atoms with E-state index in [1.54, 1.807) is 0 Å². The van der Waals surface area contributed by atoms with Crippen LogP contribution >= 0.6 is 0 Å². The van der Waals surface area contributed by atoms with Crippen LogP contribution in [0.4, 0.5) is 0 Å². The van der Waals surface area contributed by atoms with Gasteiger partial charge in [-0.15, -0.1) is 6.58 Å². The second kappa shape index (κ2) is 6.47. The van der Waals surface area contributed by atoms with Gasteiger partial charge in [-0.1, -0.05) is 63.2 Å². The Balaban J connectivity index is 0.000000223. The largest absolute Gasteiger partial charge is 0.103 e. The number of rotatable bonds is 2. The predicted molar refractivity (Wildman–Crippen MR) is 60.7 cm³/mol. The summed E-state index contributed by atoms with van der Waals surface area (Å²) in [5.74, 6) is 0. The minimum atomic E-state index is 0.347. The van der Waals surface area contributed by atoms with Gasteiger partial charge in [0.05, 0.1) is 0 Å². The van der Waals surface area contributed by atoms with E-state index in [4.69, 9.17) is 0 Å². The van der Waals surface area contributed by atoms with E-state index in [0.717, 1.165) is 0 Å². The number of allylic oxidation sites excluding steroid dienone is 1. The van der Waals surface area contributed by atoms with Gasteiger partial charge in [0.15, 0.2) is 0 Å². The fourth-order valence-corrected chi connectivity index (χ4v) is 0.529. The first-order valence-corrected chi connectivity index (χ1v) is 4.76. The van der Waals surface area contributed by atoms with Gasteiger partial charge in [-0.05, 0) is 11.8 Å². The highest BCUT2D eigenvalue weighted by Crippen LogP contribution is 2.19. The highest BCUT2D eigenvalue weighted by atomic mass is 14.1. The van der Waals surface area contributed by atoms with Crippen LogP contribution in [-0.4, -0.2) is 0 Å². The van der Waals surface area contributed by atoms with Gasteiger partial charge in [-0.2, -0.15) is 0 Å². The summed E-state index contributed by atoms with van der Waals surface area (Å²) in [6.07, 6.45) is 3.17. The Hall–Kier alpha value is -1.04. The van der Waals surface area contributed by atoms with Gasteiger partial charge in [-0.25, -0.2) is 0 Å². The molecule has 0 N–H and O–H groups in total. The molecule has 0 amide bonds. The van der Waals surface area contributed by atoms with Crippen molar-refractivity contribution >= 4 is 0 Å². The molecule has 0 aliphatic carbocycles. The van der Waals surface area contributed by atoms with Crippen molar-refractivity contribution in [1.29, 1.82) is 0 Å². The third kappa shape index (κ3) is 7.32. The van der Waals surface area contributed by atoms with Crippen LogP contribution in [0.3, 0.4) is 0 Å². The van der Waals surface area contributed by atoms with Crippen LogP contribution in [0.2, 0.25) is 0 Å². The van der Waals surface area contributed by atoms with Crippen molar-refractivity contribution in [1.82, 2.24) is 0 Å². The lowest BCUT2D eigenvalue weighted by molar-refractivity contribution is 0.463. The zero-order valence-electron chi connectivity index (χ0n) is 8.96. The standard InChI is InChI=1S/C7H14.C6H6/c1-5-7(3,4)6-2;1-2-4-6-5-3-1/h5H,1,6H2,2-4H3;1-6H. The van der Waals surface area contributed by atoms with Crippen molar-refractivity contribution in [3.05, 3.63) is 49.1 Å². The minimum Gasteiger partial charge on any atom is -0.103 e. The highest BCUT2D eigenvalue weighted by molar-refractivity contribution is 4.99. The minimum absolute atomic E-state index is 0.347. The topological polar surface area (TPSA) is 0 Å². The number of benzene rings is 1. The number of hydrogen-bond donors (Lipinski definition) is 0. The molecule has 0 heteroatoms. The average Bonchev–Trinajstić information content (AvgIpc) is 2.21. The molecule has 1 aromatic rings. The lowest BCUT2D eigenvalue weighted by atomic mass is 9.91. The Labute approximate surface area is 82.3 Å². The van der Waals surface area contributed by atoms with Gasteiger partial charge in [0.25, 0.3) is 0 Å². The summed E-state index contributed by atoms with van der Waals surface area (Å²) in [6.45, 7) is 10.2. The maximum Gasteiger partial charge on any atom is -0.0180 e. The van der Waals surface area contributed by atoms with Crippen LogP contribution in [0.5, 0.6) is 0 Å². The molecule has 0 fully saturated rings. The van der Waals surface area contributed by atoms with Crippen LogP contribution < -0.4 is 0 Å². The molecule has 0 spiro atoms. The Morgan fingerprint density at radius 3 is 1.38 bits per heavy atom. The van der Waals surface area contributed by atoms with Crippen molar-refractivity contribution in [2.45, 2.75) is 27.2 Å². The van der Waals surface area contributed by atoms with Crippen LogP contribution in [0.25, 0.3) is 0 Å². The van der Waals surface area contributed by atoms with Gasteiger partial charge >= 0.3 is 0 Å². The van der Waals surface area contributed by atoms with Gasteiger partial charge in [0.2, 0.25) is 0 Å². The molecule has 13 heavy (non-hydrogen) atoms. The quantitative estimate of drug-likeness (QED) is 0.589. The van der Waals surface area contributed by atoms with E-state index in [2.05, 4.69) is 27.4 Å². The smallest absolute Gasteiger partial charge is 0.0180 e. The summed E-state index contributed by atoms with van der Waals surface area (Å²) in [7, 11) is 0. The van der Waals surface area contributed by atoms with E-state index in [0.29, 0.717) is 5.41 Å². The first-order valence-electron chi connectivity index (χ1n) is 4.76. The molecule has 0 aliphatic heterocycles. The van der Waals surface area contributed by atoms with Crippen molar-refractivity contribution in [3.63, 3.8) is 0 Å². The van der Waals surface area contributed by atoms with E-state index in [9.17, 15) is 0 Å². The molecule has 1 rings (SSSR count). The van der Waals surface area contributed by atoms with Crippen molar-refractivity contribution in [3.8, 4) is 0 Å². The summed E-state index contributed by atoms with van der Waals surface area (Å²) < 4.78 is 0. The monoisotopic (exact) mass is 176 g/mol. The molecule has 0 atom stereocenters. The molecule has 0 heterocycles. The van der Waals surface area contributed by atoms with E-state index in [1.807, 2.05) is 42.5 Å². The molecule has 0 aromatic heterocycles. The second-order valence-electron chi connectivity index (χ2n) is 3.70. The molecule has 72 valence electrons. The Kier molecular flexibility index (Phi) is 5.96. The van der Waals surface area contributed by atoms with E-state index in [-0.39, 0.29) is 0 Å². The molecule has 0 saturated heterocycles. The van der Waals surface area contributed by atoms with Crippen molar-refractivity contribution in [2.24, 2.45) is 5.41 Å². The van der Waals surface area contributed by atoms with Gasteiger partial charge in [-0.3, -0.25) is 0 Å². The second-order valence-corrected chi connectivity index (χ2v) is 3.70. The SMILES string of the molecule is C=CC(C)(C)CC.c1ccccc1. The van der Waals surface area contributed by atoms with Gasteiger partial charge in [0, 0.05) is 0 Å². The van der Waals surface area contributed by atoms with E-state index < -0.39 is 0 Å². The first kappa shape index (κ1) is 12.0. The Bertz CT molecular complexity index is 182. The third-order valence-corrected chi connectivity index (χ3v) is 2.13. The average molecular weight is 176 g/mol. The van der Waals surface area contributed by atoms with Crippen LogP contribution in [0.15, 0.2) is 49.1 Å². The lowest BCUT2D eigenvalue weighted by Crippen LogP contribution is -2.02. The maximum atomic E-state index is 3.70. The van der Waals surface area contributed by atoms with E-state index >= 15 is 0 Å². The van der Waals surface area contributed by atoms with Crippen molar-refractivity contribution < 1.29 is 0 Å².